The van der Waals surface area contributed by atoms with Gasteiger partial charge in [-0.2, -0.15) is 0 Å². The van der Waals surface area contributed by atoms with E-state index in [0.717, 1.165) is 19.3 Å². The zero-order chi connectivity index (χ0) is 8.48. The van der Waals surface area contributed by atoms with Gasteiger partial charge in [-0.25, -0.2) is 0 Å². The Kier molecular flexibility index (Phi) is 2.55. The average molecular weight is 157 g/mol. The molecule has 3 atom stereocenters. The van der Waals surface area contributed by atoms with Crippen LogP contribution in [0.4, 0.5) is 0 Å². The molecular formula is C9H19NO. The number of aliphatic hydroxyl groups is 1. The first-order valence-electron chi connectivity index (χ1n) is 4.53. The first-order valence-corrected chi connectivity index (χ1v) is 4.53. The number of hydrogen-bond acceptors (Lipinski definition) is 2. The standard InChI is InChI=1S/C9H19NO/c1-7-4-3-5-9(7,11)8(2)6-10/h7-8,11H,3-6,10H2,1-2H3. The van der Waals surface area contributed by atoms with Gasteiger partial charge in [0, 0.05) is 0 Å². The van der Waals surface area contributed by atoms with Crippen LogP contribution < -0.4 is 5.73 Å². The molecule has 11 heavy (non-hydrogen) atoms. The van der Waals surface area contributed by atoms with Crippen LogP contribution in [0.25, 0.3) is 0 Å². The first kappa shape index (κ1) is 9.01. The van der Waals surface area contributed by atoms with Gasteiger partial charge in [-0.1, -0.05) is 20.3 Å². The van der Waals surface area contributed by atoms with Gasteiger partial charge >= 0.3 is 0 Å². The lowest BCUT2D eigenvalue weighted by molar-refractivity contribution is -0.0366. The molecule has 1 rings (SSSR count). The molecule has 3 unspecified atom stereocenters. The summed E-state index contributed by atoms with van der Waals surface area (Å²) in [6.07, 6.45) is 3.25. The van der Waals surface area contributed by atoms with Crippen LogP contribution in [0, 0.1) is 11.8 Å². The molecule has 0 aromatic rings. The summed E-state index contributed by atoms with van der Waals surface area (Å²) in [4.78, 5) is 0. The summed E-state index contributed by atoms with van der Waals surface area (Å²) in [5.41, 5.74) is 5.08. The minimum Gasteiger partial charge on any atom is -0.389 e. The summed E-state index contributed by atoms with van der Waals surface area (Å²) in [5, 5.41) is 10.1. The number of rotatable bonds is 2. The molecule has 66 valence electrons. The Morgan fingerprint density at radius 1 is 1.73 bits per heavy atom. The molecule has 0 spiro atoms. The van der Waals surface area contributed by atoms with Gasteiger partial charge in [-0.15, -0.1) is 0 Å². The third kappa shape index (κ3) is 1.42. The summed E-state index contributed by atoms with van der Waals surface area (Å²) in [7, 11) is 0. The van der Waals surface area contributed by atoms with E-state index in [0.29, 0.717) is 12.5 Å². The summed E-state index contributed by atoms with van der Waals surface area (Å²) in [6.45, 7) is 4.77. The molecule has 0 radical (unpaired) electrons. The van der Waals surface area contributed by atoms with Crippen molar-refractivity contribution in [3.05, 3.63) is 0 Å². The number of hydrogen-bond donors (Lipinski definition) is 2. The fraction of sp³-hybridized carbons (Fsp3) is 1.00. The van der Waals surface area contributed by atoms with Crippen LogP contribution in [0.5, 0.6) is 0 Å². The molecule has 3 N–H and O–H groups in total. The van der Waals surface area contributed by atoms with Crippen molar-refractivity contribution in [2.45, 2.75) is 38.7 Å². The molecule has 0 aliphatic heterocycles. The van der Waals surface area contributed by atoms with E-state index in [4.69, 9.17) is 5.73 Å². The Morgan fingerprint density at radius 3 is 2.73 bits per heavy atom. The van der Waals surface area contributed by atoms with E-state index in [1.54, 1.807) is 0 Å². The minimum absolute atomic E-state index is 0.250. The number of nitrogens with two attached hydrogens (primary N) is 1. The van der Waals surface area contributed by atoms with Crippen molar-refractivity contribution in [2.24, 2.45) is 17.6 Å². The largest absolute Gasteiger partial charge is 0.389 e. The van der Waals surface area contributed by atoms with Gasteiger partial charge in [-0.05, 0) is 31.2 Å². The predicted octanol–water partition coefficient (Wildman–Crippen LogP) is 1.13. The lowest BCUT2D eigenvalue weighted by atomic mass is 9.81. The molecular weight excluding hydrogens is 138 g/mol. The van der Waals surface area contributed by atoms with Crippen molar-refractivity contribution in [2.75, 3.05) is 6.54 Å². The van der Waals surface area contributed by atoms with Gasteiger partial charge in [0.1, 0.15) is 0 Å². The molecule has 1 fully saturated rings. The predicted molar refractivity (Wildman–Crippen MR) is 46.2 cm³/mol. The van der Waals surface area contributed by atoms with Crippen LogP contribution in [-0.4, -0.2) is 17.3 Å². The molecule has 0 bridgehead atoms. The summed E-state index contributed by atoms with van der Waals surface area (Å²) >= 11 is 0. The monoisotopic (exact) mass is 157 g/mol. The SMILES string of the molecule is CC(CN)C1(O)CCCC1C. The first-order chi connectivity index (χ1) is 5.11. The Balaban J connectivity index is 2.64. The van der Waals surface area contributed by atoms with E-state index >= 15 is 0 Å². The maximum absolute atomic E-state index is 10.1. The van der Waals surface area contributed by atoms with Crippen molar-refractivity contribution in [3.8, 4) is 0 Å². The van der Waals surface area contributed by atoms with Crippen molar-refractivity contribution in [1.82, 2.24) is 0 Å². The third-order valence-electron chi connectivity index (χ3n) is 3.27. The third-order valence-corrected chi connectivity index (χ3v) is 3.27. The molecule has 0 heterocycles. The fourth-order valence-electron chi connectivity index (χ4n) is 2.12. The second-order valence-electron chi connectivity index (χ2n) is 3.92. The molecule has 0 aromatic carbocycles. The van der Waals surface area contributed by atoms with Gasteiger partial charge in [0.05, 0.1) is 5.60 Å². The Hall–Kier alpha value is -0.0800. The Morgan fingerprint density at radius 2 is 2.36 bits per heavy atom. The minimum atomic E-state index is -0.464. The van der Waals surface area contributed by atoms with Crippen LogP contribution in [0.2, 0.25) is 0 Å². The maximum atomic E-state index is 10.1. The second-order valence-corrected chi connectivity index (χ2v) is 3.92. The normalized spacial score (nSPS) is 40.9. The quantitative estimate of drug-likeness (QED) is 0.631. The average Bonchev–Trinajstić information content (AvgIpc) is 2.32. The highest BCUT2D eigenvalue weighted by Gasteiger charge is 2.41. The Labute approximate surface area is 68.8 Å². The van der Waals surface area contributed by atoms with E-state index in [-0.39, 0.29) is 5.92 Å². The molecule has 2 heteroatoms. The van der Waals surface area contributed by atoms with Crippen molar-refractivity contribution >= 4 is 0 Å². The molecule has 1 aliphatic carbocycles. The van der Waals surface area contributed by atoms with Crippen LogP contribution in [0.15, 0.2) is 0 Å². The van der Waals surface area contributed by atoms with Crippen LogP contribution >= 0.6 is 0 Å². The van der Waals surface area contributed by atoms with E-state index in [9.17, 15) is 5.11 Å². The van der Waals surface area contributed by atoms with Gasteiger partial charge in [-0.3, -0.25) is 0 Å². The van der Waals surface area contributed by atoms with Gasteiger partial charge in [0.15, 0.2) is 0 Å². The highest BCUT2D eigenvalue weighted by atomic mass is 16.3. The van der Waals surface area contributed by atoms with Gasteiger partial charge < -0.3 is 10.8 Å². The zero-order valence-corrected chi connectivity index (χ0v) is 7.51. The molecule has 0 amide bonds. The van der Waals surface area contributed by atoms with Gasteiger partial charge in [0.2, 0.25) is 0 Å². The highest BCUT2D eigenvalue weighted by Crippen LogP contribution is 2.40. The lowest BCUT2D eigenvalue weighted by Gasteiger charge is -2.33. The highest BCUT2D eigenvalue weighted by molar-refractivity contribution is 4.93. The van der Waals surface area contributed by atoms with Crippen LogP contribution in [-0.2, 0) is 0 Å². The van der Waals surface area contributed by atoms with Crippen molar-refractivity contribution in [3.63, 3.8) is 0 Å². The van der Waals surface area contributed by atoms with E-state index in [1.165, 1.54) is 0 Å². The summed E-state index contributed by atoms with van der Waals surface area (Å²) in [5.74, 6) is 0.682. The molecule has 0 aromatic heterocycles. The Bertz CT molecular complexity index is 138. The van der Waals surface area contributed by atoms with Crippen molar-refractivity contribution in [1.29, 1.82) is 0 Å². The second kappa shape index (κ2) is 3.11. The zero-order valence-electron chi connectivity index (χ0n) is 7.51. The summed E-state index contributed by atoms with van der Waals surface area (Å²) in [6, 6.07) is 0. The topological polar surface area (TPSA) is 46.2 Å². The molecule has 1 aliphatic rings. The lowest BCUT2D eigenvalue weighted by Crippen LogP contribution is -2.42. The summed E-state index contributed by atoms with van der Waals surface area (Å²) < 4.78 is 0. The molecule has 1 saturated carbocycles. The van der Waals surface area contributed by atoms with Crippen molar-refractivity contribution < 1.29 is 5.11 Å². The van der Waals surface area contributed by atoms with E-state index in [2.05, 4.69) is 6.92 Å². The maximum Gasteiger partial charge on any atom is 0.0710 e. The smallest absolute Gasteiger partial charge is 0.0710 e. The van der Waals surface area contributed by atoms with E-state index in [1.807, 2.05) is 6.92 Å². The fourth-order valence-corrected chi connectivity index (χ4v) is 2.12. The van der Waals surface area contributed by atoms with Crippen LogP contribution in [0.3, 0.4) is 0 Å². The van der Waals surface area contributed by atoms with E-state index < -0.39 is 5.60 Å². The molecule has 2 nitrogen and oxygen atoms in total. The van der Waals surface area contributed by atoms with Crippen LogP contribution in [0.1, 0.15) is 33.1 Å². The van der Waals surface area contributed by atoms with Gasteiger partial charge in [0.25, 0.3) is 0 Å². The molecule has 0 saturated heterocycles.